The number of rotatable bonds is 4. The quantitative estimate of drug-likeness (QED) is 0.655. The zero-order valence-corrected chi connectivity index (χ0v) is 17.8. The Hall–Kier alpha value is -2.67. The van der Waals surface area contributed by atoms with E-state index in [9.17, 15) is 4.79 Å². The summed E-state index contributed by atoms with van der Waals surface area (Å²) >= 11 is 0. The normalized spacial score (nSPS) is 18.7. The van der Waals surface area contributed by atoms with E-state index < -0.39 is 0 Å². The highest BCUT2D eigenvalue weighted by Gasteiger charge is 2.30. The van der Waals surface area contributed by atoms with E-state index in [0.29, 0.717) is 23.1 Å². The predicted octanol–water partition coefficient (Wildman–Crippen LogP) is 3.97. The molecule has 2 aliphatic heterocycles. The number of hydrogen-bond donors (Lipinski definition) is 0. The Balaban J connectivity index is 1.46. The highest BCUT2D eigenvalue weighted by molar-refractivity contribution is 6.06. The van der Waals surface area contributed by atoms with Gasteiger partial charge in [-0.15, -0.1) is 0 Å². The number of nitrogens with zero attached hydrogens (tertiary/aromatic N) is 5. The summed E-state index contributed by atoms with van der Waals surface area (Å²) in [6.45, 7) is 8.17. The molecule has 158 valence electrons. The van der Waals surface area contributed by atoms with E-state index in [-0.39, 0.29) is 11.9 Å². The second-order valence-corrected chi connectivity index (χ2v) is 8.72. The molecule has 3 aromatic heterocycles. The van der Waals surface area contributed by atoms with Gasteiger partial charge in [-0.2, -0.15) is 5.10 Å². The van der Waals surface area contributed by atoms with Crippen LogP contribution < -0.4 is 0 Å². The summed E-state index contributed by atoms with van der Waals surface area (Å²) in [5.74, 6) is 0.730. The van der Waals surface area contributed by atoms with E-state index in [2.05, 4.69) is 23.8 Å². The highest BCUT2D eigenvalue weighted by Crippen LogP contribution is 2.29. The van der Waals surface area contributed by atoms with Gasteiger partial charge in [0, 0.05) is 25.2 Å². The second-order valence-electron chi connectivity index (χ2n) is 8.72. The summed E-state index contributed by atoms with van der Waals surface area (Å²) in [4.78, 5) is 22.9. The lowest BCUT2D eigenvalue weighted by atomic mass is 10.0. The lowest BCUT2D eigenvalue weighted by Gasteiger charge is -2.36. The van der Waals surface area contributed by atoms with E-state index in [1.807, 2.05) is 27.8 Å². The Morgan fingerprint density at radius 2 is 1.93 bits per heavy atom. The molecule has 3 aromatic rings. The number of fused-ring (bicyclic) bond motifs is 1. The number of hydrogen-bond acceptors (Lipinski definition) is 5. The van der Waals surface area contributed by atoms with Gasteiger partial charge in [-0.1, -0.05) is 0 Å². The van der Waals surface area contributed by atoms with Gasteiger partial charge in [0.1, 0.15) is 5.69 Å². The van der Waals surface area contributed by atoms with E-state index >= 15 is 0 Å². The molecule has 0 aliphatic carbocycles. The second kappa shape index (κ2) is 7.87. The van der Waals surface area contributed by atoms with Crippen molar-refractivity contribution in [3.63, 3.8) is 0 Å². The number of carbonyl (C=O) groups is 1. The Morgan fingerprint density at radius 3 is 2.60 bits per heavy atom. The smallest absolute Gasteiger partial charge is 0.254 e. The van der Waals surface area contributed by atoms with Crippen molar-refractivity contribution in [2.24, 2.45) is 0 Å². The van der Waals surface area contributed by atoms with Crippen LogP contribution in [0.1, 0.15) is 55.9 Å². The standard InChI is InChI=1S/C23H29N5O2/c1-16(2)28-22-19(15-24-28)18(14-20(25-22)21-6-5-13-30-21)23(29)27-11-7-17(8-12-27)26-9-3-4-10-26/h5-6,13-17H,3-4,7-12H2,1-2H3. The summed E-state index contributed by atoms with van der Waals surface area (Å²) in [7, 11) is 0. The first-order chi connectivity index (χ1) is 14.6. The minimum atomic E-state index is 0.0679. The minimum Gasteiger partial charge on any atom is -0.463 e. The van der Waals surface area contributed by atoms with Gasteiger partial charge >= 0.3 is 0 Å². The molecule has 2 fully saturated rings. The van der Waals surface area contributed by atoms with Crippen molar-refractivity contribution in [1.29, 1.82) is 0 Å². The van der Waals surface area contributed by atoms with E-state index in [0.717, 1.165) is 37.0 Å². The van der Waals surface area contributed by atoms with Crippen LogP contribution in [0.15, 0.2) is 35.1 Å². The Bertz CT molecular complexity index is 1030. The van der Waals surface area contributed by atoms with Gasteiger partial charge < -0.3 is 14.2 Å². The maximum absolute atomic E-state index is 13.6. The number of aromatic nitrogens is 3. The van der Waals surface area contributed by atoms with Crippen molar-refractivity contribution in [2.75, 3.05) is 26.2 Å². The molecule has 0 spiro atoms. The molecule has 0 aromatic carbocycles. The molecule has 5 heterocycles. The van der Waals surface area contributed by atoms with E-state index in [4.69, 9.17) is 9.40 Å². The van der Waals surface area contributed by atoms with Crippen molar-refractivity contribution < 1.29 is 9.21 Å². The summed E-state index contributed by atoms with van der Waals surface area (Å²) < 4.78 is 7.45. The van der Waals surface area contributed by atoms with Crippen LogP contribution in [0, 0.1) is 0 Å². The Labute approximate surface area is 176 Å². The first-order valence-corrected chi connectivity index (χ1v) is 11.1. The fraction of sp³-hybridized carbons (Fsp3) is 0.522. The maximum Gasteiger partial charge on any atom is 0.254 e. The molecule has 0 atom stereocenters. The topological polar surface area (TPSA) is 67.4 Å². The van der Waals surface area contributed by atoms with Crippen molar-refractivity contribution in [3.8, 4) is 11.5 Å². The molecule has 0 bridgehead atoms. The van der Waals surface area contributed by atoms with Crippen molar-refractivity contribution in [1.82, 2.24) is 24.6 Å². The largest absolute Gasteiger partial charge is 0.463 e. The van der Waals surface area contributed by atoms with Gasteiger partial charge in [0.15, 0.2) is 11.4 Å². The average Bonchev–Trinajstić information content (AvgIpc) is 3.54. The van der Waals surface area contributed by atoms with Crippen LogP contribution in [0.3, 0.4) is 0 Å². The monoisotopic (exact) mass is 407 g/mol. The number of pyridine rings is 1. The number of piperidine rings is 1. The van der Waals surface area contributed by atoms with Crippen LogP contribution in [0.5, 0.6) is 0 Å². The molecular formula is C23H29N5O2. The lowest BCUT2D eigenvalue weighted by Crippen LogP contribution is -2.45. The van der Waals surface area contributed by atoms with Crippen LogP contribution >= 0.6 is 0 Å². The van der Waals surface area contributed by atoms with Crippen molar-refractivity contribution in [2.45, 2.75) is 51.6 Å². The third kappa shape index (κ3) is 3.41. The molecule has 1 amide bonds. The number of likely N-dealkylation sites (tertiary alicyclic amines) is 2. The average molecular weight is 408 g/mol. The van der Waals surface area contributed by atoms with E-state index in [1.165, 1.54) is 25.9 Å². The van der Waals surface area contributed by atoms with Crippen LogP contribution in [0.25, 0.3) is 22.5 Å². The fourth-order valence-electron chi connectivity index (χ4n) is 4.83. The summed E-state index contributed by atoms with van der Waals surface area (Å²) in [6, 6.07) is 6.35. The van der Waals surface area contributed by atoms with Crippen LogP contribution in [-0.2, 0) is 0 Å². The van der Waals surface area contributed by atoms with Crippen LogP contribution in [0.4, 0.5) is 0 Å². The molecule has 0 N–H and O–H groups in total. The van der Waals surface area contributed by atoms with Gasteiger partial charge in [0.05, 0.1) is 23.4 Å². The fourth-order valence-corrected chi connectivity index (χ4v) is 4.83. The number of furan rings is 1. The SMILES string of the molecule is CC(C)n1ncc2c(C(=O)N3CCC(N4CCCC4)CC3)cc(-c3ccco3)nc21. The molecule has 7 nitrogen and oxygen atoms in total. The maximum atomic E-state index is 13.6. The first kappa shape index (κ1) is 19.3. The Morgan fingerprint density at radius 1 is 1.17 bits per heavy atom. The minimum absolute atomic E-state index is 0.0679. The van der Waals surface area contributed by atoms with Gasteiger partial charge in [0.25, 0.3) is 5.91 Å². The molecule has 0 unspecified atom stereocenters. The van der Waals surface area contributed by atoms with Crippen molar-refractivity contribution in [3.05, 3.63) is 36.2 Å². The van der Waals surface area contributed by atoms with Crippen molar-refractivity contribution >= 4 is 16.9 Å². The first-order valence-electron chi connectivity index (χ1n) is 11.1. The molecule has 2 aliphatic rings. The molecule has 0 saturated carbocycles. The molecule has 30 heavy (non-hydrogen) atoms. The summed E-state index contributed by atoms with van der Waals surface area (Å²) in [6.07, 6.45) is 8.13. The lowest BCUT2D eigenvalue weighted by molar-refractivity contribution is 0.0646. The van der Waals surface area contributed by atoms with Gasteiger partial charge in [-0.25, -0.2) is 9.67 Å². The molecule has 2 saturated heterocycles. The van der Waals surface area contributed by atoms with Crippen LogP contribution in [0.2, 0.25) is 0 Å². The summed E-state index contributed by atoms with van der Waals surface area (Å²) in [5.41, 5.74) is 2.07. The molecular weight excluding hydrogens is 378 g/mol. The number of carbonyl (C=O) groups excluding carboxylic acids is 1. The van der Waals surface area contributed by atoms with E-state index in [1.54, 1.807) is 12.5 Å². The third-order valence-corrected chi connectivity index (χ3v) is 6.47. The zero-order chi connectivity index (χ0) is 20.7. The van der Waals surface area contributed by atoms with Gasteiger partial charge in [-0.05, 0) is 70.8 Å². The zero-order valence-electron chi connectivity index (χ0n) is 17.8. The van der Waals surface area contributed by atoms with Gasteiger partial charge in [0.2, 0.25) is 0 Å². The van der Waals surface area contributed by atoms with Crippen LogP contribution in [-0.4, -0.2) is 62.7 Å². The predicted molar refractivity (Wildman–Crippen MR) is 115 cm³/mol. The third-order valence-electron chi connectivity index (χ3n) is 6.47. The van der Waals surface area contributed by atoms with Gasteiger partial charge in [-0.3, -0.25) is 4.79 Å². The molecule has 5 rings (SSSR count). The Kier molecular flexibility index (Phi) is 5.06. The molecule has 7 heteroatoms. The highest BCUT2D eigenvalue weighted by atomic mass is 16.3. The number of amides is 1. The summed E-state index contributed by atoms with van der Waals surface area (Å²) in [5, 5.41) is 5.33. The molecule has 0 radical (unpaired) electrons.